The highest BCUT2D eigenvalue weighted by Gasteiger charge is 2.30. The molecule has 0 radical (unpaired) electrons. The smallest absolute Gasteiger partial charge is 0.326 e. The molecule has 1 unspecified atom stereocenters. The van der Waals surface area contributed by atoms with Crippen LogP contribution in [-0.2, 0) is 10.2 Å². The van der Waals surface area contributed by atoms with Gasteiger partial charge >= 0.3 is 16.2 Å². The molecule has 21 heavy (non-hydrogen) atoms. The third kappa shape index (κ3) is 6.19. The molecule has 1 saturated heterocycles. The van der Waals surface area contributed by atoms with E-state index in [0.29, 0.717) is 25.0 Å². The SMILES string of the molecule is CCCCCNC(C)C1CCN(S(=O)(=O)NC(N)=O)CC1. The number of rotatable bonds is 8. The van der Waals surface area contributed by atoms with Crippen molar-refractivity contribution < 1.29 is 13.2 Å². The Labute approximate surface area is 127 Å². The highest BCUT2D eigenvalue weighted by molar-refractivity contribution is 7.87. The van der Waals surface area contributed by atoms with E-state index in [1.54, 1.807) is 4.72 Å². The average Bonchev–Trinajstić information content (AvgIpc) is 2.42. The number of hydrogen-bond donors (Lipinski definition) is 3. The number of carbonyl (C=O) groups excluding carboxylic acids is 1. The summed E-state index contributed by atoms with van der Waals surface area (Å²) < 4.78 is 26.7. The predicted molar refractivity (Wildman–Crippen MR) is 82.9 cm³/mol. The Kier molecular flexibility index (Phi) is 7.41. The van der Waals surface area contributed by atoms with Gasteiger partial charge in [-0.2, -0.15) is 12.7 Å². The molecule has 8 heteroatoms. The molecule has 0 aromatic carbocycles. The van der Waals surface area contributed by atoms with Crippen LogP contribution in [0.25, 0.3) is 0 Å². The second-order valence-electron chi connectivity index (χ2n) is 5.66. The van der Waals surface area contributed by atoms with Gasteiger partial charge in [0.25, 0.3) is 0 Å². The lowest BCUT2D eigenvalue weighted by molar-refractivity contribution is 0.227. The van der Waals surface area contributed by atoms with Gasteiger partial charge in [0.2, 0.25) is 0 Å². The van der Waals surface area contributed by atoms with Gasteiger partial charge in [-0.05, 0) is 38.6 Å². The molecule has 4 N–H and O–H groups in total. The maximum atomic E-state index is 11.8. The summed E-state index contributed by atoms with van der Waals surface area (Å²) in [6.45, 7) is 6.20. The largest absolute Gasteiger partial charge is 0.351 e. The Balaban J connectivity index is 2.36. The Hall–Kier alpha value is -0.860. The summed E-state index contributed by atoms with van der Waals surface area (Å²) in [6, 6.07) is -0.654. The highest BCUT2D eigenvalue weighted by atomic mass is 32.2. The van der Waals surface area contributed by atoms with E-state index in [1.165, 1.54) is 23.6 Å². The molecule has 1 fully saturated rings. The number of nitrogens with one attached hydrogen (secondary N) is 2. The average molecular weight is 320 g/mol. The van der Waals surface area contributed by atoms with Crippen LogP contribution in [-0.4, -0.2) is 44.4 Å². The fourth-order valence-electron chi connectivity index (χ4n) is 2.68. The summed E-state index contributed by atoms with van der Waals surface area (Å²) in [5.41, 5.74) is 4.87. The van der Waals surface area contributed by atoms with Crippen molar-refractivity contribution in [3.8, 4) is 0 Å². The molecule has 7 nitrogen and oxygen atoms in total. The lowest BCUT2D eigenvalue weighted by atomic mass is 9.91. The molecule has 0 aliphatic carbocycles. The second-order valence-corrected chi connectivity index (χ2v) is 7.33. The van der Waals surface area contributed by atoms with Gasteiger partial charge < -0.3 is 11.1 Å². The number of primary amides is 1. The molecule has 0 aromatic heterocycles. The molecule has 124 valence electrons. The Morgan fingerprint density at radius 3 is 2.48 bits per heavy atom. The molecule has 0 saturated carbocycles. The van der Waals surface area contributed by atoms with E-state index in [2.05, 4.69) is 19.2 Å². The van der Waals surface area contributed by atoms with Gasteiger partial charge in [0, 0.05) is 19.1 Å². The van der Waals surface area contributed by atoms with Gasteiger partial charge in [0.15, 0.2) is 0 Å². The molecule has 1 rings (SSSR count). The lowest BCUT2D eigenvalue weighted by Crippen LogP contribution is -2.50. The predicted octanol–water partition coefficient (Wildman–Crippen LogP) is 0.780. The molecule has 1 heterocycles. The standard InChI is InChI=1S/C13H28N4O3S/c1-3-4-5-8-15-11(2)12-6-9-17(10-7-12)21(19,20)16-13(14)18/h11-12,15H,3-10H2,1-2H3,(H3,14,16,18). The summed E-state index contributed by atoms with van der Waals surface area (Å²) >= 11 is 0. The topological polar surface area (TPSA) is 105 Å². The van der Waals surface area contributed by atoms with Gasteiger partial charge in [0.1, 0.15) is 0 Å². The maximum absolute atomic E-state index is 11.8. The number of carbonyl (C=O) groups is 1. The molecule has 0 aromatic rings. The molecule has 0 bridgehead atoms. The van der Waals surface area contributed by atoms with Gasteiger partial charge in [-0.15, -0.1) is 0 Å². The summed E-state index contributed by atoms with van der Waals surface area (Å²) in [7, 11) is -3.77. The zero-order valence-electron chi connectivity index (χ0n) is 13.0. The summed E-state index contributed by atoms with van der Waals surface area (Å²) in [5.74, 6) is 0.464. The van der Waals surface area contributed by atoms with Crippen LogP contribution in [0.4, 0.5) is 4.79 Å². The Morgan fingerprint density at radius 1 is 1.33 bits per heavy atom. The number of hydrogen-bond acceptors (Lipinski definition) is 4. The van der Waals surface area contributed by atoms with E-state index in [-0.39, 0.29) is 0 Å². The Morgan fingerprint density at radius 2 is 1.95 bits per heavy atom. The van der Waals surface area contributed by atoms with Crippen molar-refractivity contribution in [2.75, 3.05) is 19.6 Å². The van der Waals surface area contributed by atoms with Crippen LogP contribution in [0.2, 0.25) is 0 Å². The van der Waals surface area contributed by atoms with Crippen LogP contribution in [0.5, 0.6) is 0 Å². The molecule has 2 amide bonds. The molecule has 1 aliphatic heterocycles. The fourth-order valence-corrected chi connectivity index (χ4v) is 3.75. The minimum Gasteiger partial charge on any atom is -0.351 e. The third-order valence-electron chi connectivity index (χ3n) is 4.02. The molecular formula is C13H28N4O3S. The van der Waals surface area contributed by atoms with Crippen molar-refractivity contribution in [2.45, 2.75) is 52.0 Å². The first-order valence-corrected chi connectivity index (χ1v) is 9.11. The number of amides is 2. The van der Waals surface area contributed by atoms with E-state index < -0.39 is 16.2 Å². The van der Waals surface area contributed by atoms with Crippen molar-refractivity contribution >= 4 is 16.2 Å². The van der Waals surface area contributed by atoms with Crippen LogP contribution in [0.15, 0.2) is 0 Å². The van der Waals surface area contributed by atoms with E-state index in [1.807, 2.05) is 0 Å². The van der Waals surface area contributed by atoms with Crippen LogP contribution >= 0.6 is 0 Å². The quantitative estimate of drug-likeness (QED) is 0.575. The second kappa shape index (κ2) is 8.55. The normalized spacial score (nSPS) is 19.3. The summed E-state index contributed by atoms with van der Waals surface area (Å²) in [5, 5.41) is 3.52. The molecule has 1 atom stereocenters. The molecule has 0 spiro atoms. The number of unbranched alkanes of at least 4 members (excludes halogenated alkanes) is 2. The fraction of sp³-hybridized carbons (Fsp3) is 0.923. The van der Waals surface area contributed by atoms with Crippen molar-refractivity contribution in [2.24, 2.45) is 11.7 Å². The number of nitrogens with zero attached hydrogens (tertiary/aromatic N) is 1. The van der Waals surface area contributed by atoms with Crippen molar-refractivity contribution in [3.05, 3.63) is 0 Å². The number of piperidine rings is 1. The van der Waals surface area contributed by atoms with Gasteiger partial charge in [0.05, 0.1) is 0 Å². The first-order chi connectivity index (χ1) is 9.86. The van der Waals surface area contributed by atoms with E-state index in [0.717, 1.165) is 19.4 Å². The monoisotopic (exact) mass is 320 g/mol. The summed E-state index contributed by atoms with van der Waals surface area (Å²) in [6.07, 6.45) is 5.20. The van der Waals surface area contributed by atoms with E-state index >= 15 is 0 Å². The molecular weight excluding hydrogens is 292 g/mol. The highest BCUT2D eigenvalue weighted by Crippen LogP contribution is 2.22. The van der Waals surface area contributed by atoms with Gasteiger partial charge in [-0.1, -0.05) is 19.8 Å². The minimum atomic E-state index is -3.77. The van der Waals surface area contributed by atoms with Gasteiger partial charge in [-0.25, -0.2) is 9.52 Å². The van der Waals surface area contributed by atoms with Crippen LogP contribution in [0.1, 0.15) is 46.0 Å². The zero-order valence-corrected chi connectivity index (χ0v) is 13.8. The number of urea groups is 1. The summed E-state index contributed by atoms with van der Waals surface area (Å²) in [4.78, 5) is 10.7. The first kappa shape index (κ1) is 18.2. The van der Waals surface area contributed by atoms with E-state index in [9.17, 15) is 13.2 Å². The van der Waals surface area contributed by atoms with Crippen LogP contribution in [0.3, 0.4) is 0 Å². The lowest BCUT2D eigenvalue weighted by Gasteiger charge is -2.34. The van der Waals surface area contributed by atoms with Crippen LogP contribution < -0.4 is 15.8 Å². The first-order valence-electron chi connectivity index (χ1n) is 7.67. The van der Waals surface area contributed by atoms with Crippen LogP contribution in [0, 0.1) is 5.92 Å². The zero-order chi connectivity index (χ0) is 15.9. The van der Waals surface area contributed by atoms with Crippen molar-refractivity contribution in [1.29, 1.82) is 0 Å². The molecule has 1 aliphatic rings. The van der Waals surface area contributed by atoms with E-state index in [4.69, 9.17) is 5.73 Å². The van der Waals surface area contributed by atoms with Gasteiger partial charge in [-0.3, -0.25) is 0 Å². The minimum absolute atomic E-state index is 0.385. The maximum Gasteiger partial charge on any atom is 0.326 e. The van der Waals surface area contributed by atoms with Crippen molar-refractivity contribution in [3.63, 3.8) is 0 Å². The third-order valence-corrected chi connectivity index (χ3v) is 5.53. The van der Waals surface area contributed by atoms with Crippen molar-refractivity contribution in [1.82, 2.24) is 14.3 Å². The Bertz CT molecular complexity index is 419. The number of nitrogens with two attached hydrogens (primary N) is 1.